The van der Waals surface area contributed by atoms with Gasteiger partial charge in [0.15, 0.2) is 0 Å². The van der Waals surface area contributed by atoms with Gasteiger partial charge in [-0.2, -0.15) is 0 Å². The summed E-state index contributed by atoms with van der Waals surface area (Å²) in [6.07, 6.45) is 9.95. The Kier molecular flexibility index (Phi) is 16.4. The van der Waals surface area contributed by atoms with Gasteiger partial charge in [-0.3, -0.25) is 0 Å². The molecule has 0 fully saturated rings. The van der Waals surface area contributed by atoms with Crippen LogP contribution in [-0.4, -0.2) is 0 Å². The van der Waals surface area contributed by atoms with Crippen LogP contribution in [0, 0.1) is 0 Å². The summed E-state index contributed by atoms with van der Waals surface area (Å²) in [5.74, 6) is 5.65. The van der Waals surface area contributed by atoms with Gasteiger partial charge in [0.2, 0.25) is 0 Å². The average molecular weight is 951 g/mol. The lowest BCUT2D eigenvalue weighted by Crippen LogP contribution is -2.15. The molecule has 6 aromatic rings. The Bertz CT molecular complexity index is 2380. The van der Waals surface area contributed by atoms with Crippen molar-refractivity contribution in [3.63, 3.8) is 0 Å². The molecule has 0 bridgehead atoms. The number of hydrogen-bond acceptors (Lipinski definition) is 6. The zero-order valence-corrected chi connectivity index (χ0v) is 43.9. The lowest BCUT2D eigenvalue weighted by Gasteiger charge is -2.32. The van der Waals surface area contributed by atoms with Crippen molar-refractivity contribution in [2.24, 2.45) is 0 Å². The number of hydrogen-bond donors (Lipinski definition) is 0. The quantitative estimate of drug-likeness (QED) is 0.0754. The van der Waals surface area contributed by atoms with Crippen LogP contribution >= 0.6 is 17.2 Å². The van der Waals surface area contributed by atoms with E-state index in [0.29, 0.717) is 0 Å². The second kappa shape index (κ2) is 22.6. The number of benzene rings is 6. The zero-order chi connectivity index (χ0) is 47.9. The predicted molar refractivity (Wildman–Crippen MR) is 284 cm³/mol. The Labute approximate surface area is 410 Å². The van der Waals surface area contributed by atoms with E-state index in [1.165, 1.54) is 22.3 Å². The highest BCUT2D eigenvalue weighted by Gasteiger charge is 2.35. The van der Waals surface area contributed by atoms with E-state index in [2.05, 4.69) is 130 Å². The smallest absolute Gasteiger partial charge is 0.408 e. The zero-order valence-electron chi connectivity index (χ0n) is 42.1. The van der Waals surface area contributed by atoms with Gasteiger partial charge in [-0.1, -0.05) is 154 Å². The van der Waals surface area contributed by atoms with Crippen molar-refractivity contribution in [2.45, 2.75) is 157 Å². The van der Waals surface area contributed by atoms with Gasteiger partial charge in [-0.05, 0) is 168 Å². The van der Waals surface area contributed by atoms with Gasteiger partial charge in [0.25, 0.3) is 0 Å². The Morgan fingerprint density at radius 2 is 0.662 bits per heavy atom. The minimum absolute atomic E-state index is 0.235. The maximum Gasteiger partial charge on any atom is 0.530 e. The summed E-state index contributed by atoms with van der Waals surface area (Å²) in [5, 5.41) is 0. The molecule has 8 rings (SSSR count). The van der Waals surface area contributed by atoms with E-state index in [1.807, 2.05) is 48.5 Å². The van der Waals surface area contributed by atoms with Crippen LogP contribution in [-0.2, 0) is 38.5 Å². The van der Waals surface area contributed by atoms with Crippen LogP contribution in [0.2, 0.25) is 0 Å². The Morgan fingerprint density at radius 1 is 0.382 bits per heavy atom. The van der Waals surface area contributed by atoms with E-state index < -0.39 is 17.2 Å². The van der Waals surface area contributed by atoms with Crippen molar-refractivity contribution < 1.29 is 27.1 Å². The van der Waals surface area contributed by atoms with Crippen molar-refractivity contribution in [2.75, 3.05) is 0 Å². The monoisotopic (exact) mass is 950 g/mol. The first-order valence-electron chi connectivity index (χ1n) is 25.3. The summed E-state index contributed by atoms with van der Waals surface area (Å²) in [6.45, 7) is 22.1. The molecule has 2 aliphatic carbocycles. The number of rotatable bonds is 19. The Balaban J connectivity index is 1.36. The SMILES string of the molecule is CCc1cc2c(c(-c3c4c(cc(CC)c3OP(Oc3ccccc3C(C)C)Oc3ccccc3C(C)C)CCCC4)c1OP(Oc1ccccc1C(C)C)Oc1ccccc1C(C)C)CCCC2. The summed E-state index contributed by atoms with van der Waals surface area (Å²) in [5.41, 5.74) is 14.4. The molecule has 0 spiro atoms. The van der Waals surface area contributed by atoms with Crippen molar-refractivity contribution in [1.29, 1.82) is 0 Å². The second-order valence-corrected chi connectivity index (χ2v) is 21.6. The molecule has 0 saturated carbocycles. The Morgan fingerprint density at radius 3 is 0.941 bits per heavy atom. The van der Waals surface area contributed by atoms with Crippen LogP contribution in [0.5, 0.6) is 34.5 Å². The minimum atomic E-state index is -2.04. The number of para-hydroxylation sites is 4. The highest BCUT2D eigenvalue weighted by molar-refractivity contribution is 7.43. The van der Waals surface area contributed by atoms with E-state index in [1.54, 1.807) is 0 Å². The van der Waals surface area contributed by atoms with Gasteiger partial charge in [0.05, 0.1) is 0 Å². The van der Waals surface area contributed by atoms with Crippen molar-refractivity contribution in [1.82, 2.24) is 0 Å². The van der Waals surface area contributed by atoms with Gasteiger partial charge in [0.1, 0.15) is 34.5 Å². The fraction of sp³-hybridized carbons (Fsp3) is 0.400. The maximum atomic E-state index is 7.57. The third-order valence-electron chi connectivity index (χ3n) is 13.6. The third kappa shape index (κ3) is 11.0. The highest BCUT2D eigenvalue weighted by Crippen LogP contribution is 2.57. The molecular weight excluding hydrogens is 879 g/mol. The molecule has 358 valence electrons. The largest absolute Gasteiger partial charge is 0.530 e. The Hall–Kier alpha value is -5.02. The normalized spacial score (nSPS) is 13.6. The molecular formula is C60H72O6P2. The van der Waals surface area contributed by atoms with Gasteiger partial charge in [0, 0.05) is 11.1 Å². The van der Waals surface area contributed by atoms with Crippen molar-refractivity contribution >= 4 is 17.2 Å². The van der Waals surface area contributed by atoms with Gasteiger partial charge in [-0.25, -0.2) is 0 Å². The van der Waals surface area contributed by atoms with Crippen LogP contribution < -0.4 is 27.1 Å². The first kappa shape index (κ1) is 49.4. The summed E-state index contributed by atoms with van der Waals surface area (Å²) in [7, 11) is -4.07. The van der Waals surface area contributed by atoms with Crippen LogP contribution in [0.15, 0.2) is 109 Å². The van der Waals surface area contributed by atoms with E-state index in [9.17, 15) is 0 Å². The van der Waals surface area contributed by atoms with Crippen LogP contribution in [0.4, 0.5) is 0 Å². The summed E-state index contributed by atoms with van der Waals surface area (Å²) in [4.78, 5) is 0. The molecule has 0 atom stereocenters. The van der Waals surface area contributed by atoms with Crippen molar-refractivity contribution in [3.05, 3.63) is 165 Å². The average Bonchev–Trinajstić information content (AvgIpc) is 3.34. The lowest BCUT2D eigenvalue weighted by atomic mass is 9.78. The van der Waals surface area contributed by atoms with Gasteiger partial charge in [-0.15, -0.1) is 0 Å². The maximum absolute atomic E-state index is 7.57. The third-order valence-corrected chi connectivity index (χ3v) is 15.6. The molecule has 6 nitrogen and oxygen atoms in total. The molecule has 0 heterocycles. The van der Waals surface area contributed by atoms with E-state index in [-0.39, 0.29) is 23.7 Å². The van der Waals surface area contributed by atoms with Crippen LogP contribution in [0.25, 0.3) is 11.1 Å². The molecule has 0 saturated heterocycles. The number of fused-ring (bicyclic) bond motifs is 2. The number of aryl methyl sites for hydroxylation is 4. The summed E-state index contributed by atoms with van der Waals surface area (Å²) in [6, 6.07) is 38.0. The second-order valence-electron chi connectivity index (χ2n) is 19.6. The molecule has 68 heavy (non-hydrogen) atoms. The lowest BCUT2D eigenvalue weighted by molar-refractivity contribution is 0.378. The summed E-state index contributed by atoms with van der Waals surface area (Å²) >= 11 is 0. The fourth-order valence-corrected chi connectivity index (χ4v) is 12.1. The molecule has 0 aromatic heterocycles. The van der Waals surface area contributed by atoms with Gasteiger partial charge >= 0.3 is 17.2 Å². The first-order chi connectivity index (χ1) is 32.9. The van der Waals surface area contributed by atoms with Crippen LogP contribution in [0.3, 0.4) is 0 Å². The van der Waals surface area contributed by atoms with Crippen molar-refractivity contribution in [3.8, 4) is 45.6 Å². The molecule has 2 aliphatic rings. The molecule has 0 amide bonds. The molecule has 8 heteroatoms. The molecule has 6 aromatic carbocycles. The topological polar surface area (TPSA) is 55.4 Å². The van der Waals surface area contributed by atoms with Gasteiger partial charge < -0.3 is 27.1 Å². The molecule has 0 radical (unpaired) electrons. The van der Waals surface area contributed by atoms with E-state index in [4.69, 9.17) is 27.1 Å². The van der Waals surface area contributed by atoms with Crippen LogP contribution in [0.1, 0.15) is 174 Å². The molecule has 0 N–H and O–H groups in total. The molecule has 0 unspecified atom stereocenters. The van der Waals surface area contributed by atoms with E-state index in [0.717, 1.165) is 143 Å². The fourth-order valence-electron chi connectivity index (χ4n) is 9.90. The first-order valence-corrected chi connectivity index (χ1v) is 27.5. The standard InChI is InChI=1S/C60H72O6P2/c1-11-43-37-45-25-13-15-31-51(45)57(59(43)65-67(61-53-33-21-17-27-47(53)39(3)4)62-54-34-22-18-28-48(54)40(5)6)58-52-32-16-14-26-46(52)38-44(12-2)60(58)66-68(63-55-35-23-19-29-49(55)41(7)8)64-56-36-24-20-30-50(56)42(9)10/h17-24,27-30,33-42H,11-16,25-26,31-32H2,1-10H3. The molecule has 0 aliphatic heterocycles. The highest BCUT2D eigenvalue weighted by atomic mass is 31.2. The summed E-state index contributed by atoms with van der Waals surface area (Å²) < 4.78 is 43.5. The predicted octanol–water partition coefficient (Wildman–Crippen LogP) is 18.3. The van der Waals surface area contributed by atoms with E-state index >= 15 is 0 Å². The minimum Gasteiger partial charge on any atom is -0.408 e.